The number of halogens is 3. The van der Waals surface area contributed by atoms with Crippen molar-refractivity contribution in [1.82, 2.24) is 5.43 Å². The Morgan fingerprint density at radius 3 is 2.58 bits per heavy atom. The molecule has 1 unspecified atom stereocenters. The number of nitrogens with zero attached hydrogens (tertiary/aromatic N) is 1. The van der Waals surface area contributed by atoms with Crippen LogP contribution in [0.15, 0.2) is 41.5 Å². The molecule has 0 aliphatic rings. The summed E-state index contributed by atoms with van der Waals surface area (Å²) >= 11 is 17.6. The molecule has 0 aliphatic heterocycles. The van der Waals surface area contributed by atoms with Crippen molar-refractivity contribution in [3.63, 3.8) is 0 Å². The lowest BCUT2D eigenvalue weighted by atomic mass is 10.2. The van der Waals surface area contributed by atoms with Crippen molar-refractivity contribution >= 4 is 46.9 Å². The second-order valence-corrected chi connectivity index (χ2v) is 6.33. The molecular weight excluding hydrogens is 371 g/mol. The topological polar surface area (TPSA) is 50.7 Å². The van der Waals surface area contributed by atoms with Gasteiger partial charge in [-0.3, -0.25) is 4.79 Å². The molecule has 126 valence electrons. The van der Waals surface area contributed by atoms with Crippen molar-refractivity contribution < 1.29 is 9.53 Å². The maximum Gasteiger partial charge on any atom is 0.280 e. The summed E-state index contributed by atoms with van der Waals surface area (Å²) in [5.41, 5.74) is 3.98. The molecule has 7 heteroatoms. The minimum Gasteiger partial charge on any atom is -0.481 e. The summed E-state index contributed by atoms with van der Waals surface area (Å²) in [4.78, 5) is 12.0. The molecule has 4 nitrogen and oxygen atoms in total. The third kappa shape index (κ3) is 5.13. The number of nitrogens with one attached hydrogen (secondary N) is 1. The van der Waals surface area contributed by atoms with Crippen LogP contribution in [0.3, 0.4) is 0 Å². The fourth-order valence-corrected chi connectivity index (χ4v) is 2.38. The first-order valence-corrected chi connectivity index (χ1v) is 8.21. The highest BCUT2D eigenvalue weighted by Crippen LogP contribution is 2.23. The number of aryl methyl sites for hydroxylation is 1. The Morgan fingerprint density at radius 1 is 1.17 bits per heavy atom. The van der Waals surface area contributed by atoms with E-state index >= 15 is 0 Å². The van der Waals surface area contributed by atoms with E-state index in [2.05, 4.69) is 10.5 Å². The van der Waals surface area contributed by atoms with Crippen LogP contribution < -0.4 is 10.2 Å². The maximum atomic E-state index is 12.0. The molecule has 1 N–H and O–H groups in total. The van der Waals surface area contributed by atoms with Crippen molar-refractivity contribution in [2.45, 2.75) is 20.0 Å². The van der Waals surface area contributed by atoms with Crippen molar-refractivity contribution in [3.05, 3.63) is 62.6 Å². The lowest BCUT2D eigenvalue weighted by Crippen LogP contribution is -2.33. The van der Waals surface area contributed by atoms with Crippen LogP contribution in [0.1, 0.15) is 18.1 Å². The molecule has 1 atom stereocenters. The number of hydrogen-bond donors (Lipinski definition) is 1. The molecule has 0 aliphatic carbocycles. The monoisotopic (exact) mass is 384 g/mol. The number of amides is 1. The summed E-state index contributed by atoms with van der Waals surface area (Å²) in [6.07, 6.45) is 0.760. The number of ether oxygens (including phenoxy) is 1. The van der Waals surface area contributed by atoms with Crippen LogP contribution in [-0.2, 0) is 4.79 Å². The fourth-order valence-electron chi connectivity index (χ4n) is 1.84. The van der Waals surface area contributed by atoms with E-state index in [-0.39, 0.29) is 5.91 Å². The smallest absolute Gasteiger partial charge is 0.280 e. The number of benzene rings is 2. The van der Waals surface area contributed by atoms with E-state index in [1.165, 1.54) is 6.21 Å². The predicted octanol–water partition coefficient (Wildman–Crippen LogP) is 4.87. The van der Waals surface area contributed by atoms with E-state index in [0.29, 0.717) is 26.4 Å². The predicted molar refractivity (Wildman–Crippen MR) is 98.5 cm³/mol. The second-order valence-electron chi connectivity index (χ2n) is 5.08. The summed E-state index contributed by atoms with van der Waals surface area (Å²) in [7, 11) is 0. The Kier molecular flexibility index (Phi) is 6.49. The molecule has 0 saturated heterocycles. The van der Waals surface area contributed by atoms with Gasteiger partial charge in [0, 0.05) is 5.02 Å². The van der Waals surface area contributed by atoms with Gasteiger partial charge in [0.05, 0.1) is 16.3 Å². The third-order valence-electron chi connectivity index (χ3n) is 3.14. The molecule has 1 amide bonds. The van der Waals surface area contributed by atoms with Gasteiger partial charge >= 0.3 is 0 Å². The van der Waals surface area contributed by atoms with Crippen LogP contribution in [-0.4, -0.2) is 18.2 Å². The Morgan fingerprint density at radius 2 is 1.92 bits per heavy atom. The minimum atomic E-state index is -0.712. The van der Waals surface area contributed by atoms with Gasteiger partial charge in [0.2, 0.25) is 0 Å². The largest absolute Gasteiger partial charge is 0.481 e. The third-order valence-corrected chi connectivity index (χ3v) is 4.12. The lowest BCUT2D eigenvalue weighted by Gasteiger charge is -2.14. The molecule has 24 heavy (non-hydrogen) atoms. The highest BCUT2D eigenvalue weighted by Gasteiger charge is 2.15. The summed E-state index contributed by atoms with van der Waals surface area (Å²) in [5.74, 6) is 0.219. The second kappa shape index (κ2) is 8.38. The maximum absolute atomic E-state index is 12.0. The molecule has 2 rings (SSSR count). The molecule has 0 radical (unpaired) electrons. The van der Waals surface area contributed by atoms with Gasteiger partial charge in [-0.1, -0.05) is 40.9 Å². The van der Waals surface area contributed by atoms with Gasteiger partial charge in [-0.05, 0) is 55.3 Å². The molecule has 2 aromatic rings. The lowest BCUT2D eigenvalue weighted by molar-refractivity contribution is -0.127. The first-order valence-electron chi connectivity index (χ1n) is 7.07. The van der Waals surface area contributed by atoms with E-state index in [1.54, 1.807) is 43.3 Å². The molecular formula is C17H15Cl3N2O2. The summed E-state index contributed by atoms with van der Waals surface area (Å²) in [6, 6.07) is 10.2. The van der Waals surface area contributed by atoms with Gasteiger partial charge in [0.25, 0.3) is 5.91 Å². The first-order chi connectivity index (χ1) is 11.4. The molecule has 0 aromatic heterocycles. The Balaban J connectivity index is 1.93. The average Bonchev–Trinajstić information content (AvgIpc) is 2.53. The van der Waals surface area contributed by atoms with Crippen molar-refractivity contribution in [2.24, 2.45) is 5.10 Å². The highest BCUT2D eigenvalue weighted by atomic mass is 35.5. The Bertz CT molecular complexity index is 778. The zero-order valence-corrected chi connectivity index (χ0v) is 15.3. The van der Waals surface area contributed by atoms with Gasteiger partial charge in [-0.15, -0.1) is 0 Å². The Labute approximate surface area is 155 Å². The van der Waals surface area contributed by atoms with Crippen molar-refractivity contribution in [1.29, 1.82) is 0 Å². The van der Waals surface area contributed by atoms with E-state index < -0.39 is 6.10 Å². The normalized spacial score (nSPS) is 12.2. The van der Waals surface area contributed by atoms with E-state index in [4.69, 9.17) is 39.5 Å². The molecule has 0 fully saturated rings. The van der Waals surface area contributed by atoms with E-state index in [9.17, 15) is 4.79 Å². The first kappa shape index (κ1) is 18.6. The van der Waals surface area contributed by atoms with Crippen LogP contribution in [0.5, 0.6) is 5.75 Å². The van der Waals surface area contributed by atoms with Gasteiger partial charge in [0.15, 0.2) is 6.10 Å². The standard InChI is InChI=1S/C17H15Cl3N2O2/c1-10-7-13(18)4-6-16(10)24-11(2)17(23)22-21-9-12-3-5-14(19)15(20)8-12/h3-9,11H,1-2H3,(H,22,23). The van der Waals surface area contributed by atoms with Crippen LogP contribution in [0.4, 0.5) is 0 Å². The van der Waals surface area contributed by atoms with Crippen LogP contribution in [0.25, 0.3) is 0 Å². The van der Waals surface area contributed by atoms with Crippen molar-refractivity contribution in [3.8, 4) is 5.75 Å². The van der Waals surface area contributed by atoms with E-state index in [1.807, 2.05) is 6.92 Å². The summed E-state index contributed by atoms with van der Waals surface area (Å²) in [6.45, 7) is 3.49. The van der Waals surface area contributed by atoms with Gasteiger partial charge in [-0.2, -0.15) is 5.10 Å². The number of carbonyl (C=O) groups excluding carboxylic acids is 1. The van der Waals surface area contributed by atoms with Crippen molar-refractivity contribution in [2.75, 3.05) is 0 Å². The highest BCUT2D eigenvalue weighted by molar-refractivity contribution is 6.42. The van der Waals surface area contributed by atoms with Crippen LogP contribution in [0.2, 0.25) is 15.1 Å². The number of hydrogen-bond acceptors (Lipinski definition) is 3. The minimum absolute atomic E-state index is 0.374. The van der Waals surface area contributed by atoms with Gasteiger partial charge < -0.3 is 4.74 Å². The zero-order valence-electron chi connectivity index (χ0n) is 13.0. The average molecular weight is 386 g/mol. The quantitative estimate of drug-likeness (QED) is 0.589. The fraction of sp³-hybridized carbons (Fsp3) is 0.176. The molecule has 0 bridgehead atoms. The molecule has 0 saturated carbocycles. The number of rotatable bonds is 5. The molecule has 0 heterocycles. The van der Waals surface area contributed by atoms with Crippen LogP contribution >= 0.6 is 34.8 Å². The van der Waals surface area contributed by atoms with Gasteiger partial charge in [-0.25, -0.2) is 5.43 Å². The summed E-state index contributed by atoms with van der Waals surface area (Å²) < 4.78 is 5.62. The molecule has 2 aromatic carbocycles. The summed E-state index contributed by atoms with van der Waals surface area (Å²) in [5, 5.41) is 5.37. The molecule has 0 spiro atoms. The number of carbonyl (C=O) groups is 1. The van der Waals surface area contributed by atoms with Crippen LogP contribution in [0, 0.1) is 6.92 Å². The zero-order chi connectivity index (χ0) is 17.7. The Hall–Kier alpha value is -1.75. The van der Waals surface area contributed by atoms with E-state index in [0.717, 1.165) is 5.56 Å². The SMILES string of the molecule is Cc1cc(Cl)ccc1OC(C)C(=O)NN=Cc1ccc(Cl)c(Cl)c1. The van der Waals surface area contributed by atoms with Gasteiger partial charge in [0.1, 0.15) is 5.75 Å². The number of hydrazone groups is 1.